The molecule has 28 heavy (non-hydrogen) atoms. The molecule has 1 fully saturated rings. The number of β-lactam (4-membered cyclic amide) rings is 1. The number of non-ortho nitro benzene ring substituents is 1. The molecule has 2 rings (SSSR count). The van der Waals surface area contributed by atoms with E-state index in [2.05, 4.69) is 11.9 Å². The number of nitrogens with zero attached hydrogens (tertiary/aromatic N) is 2. The van der Waals surface area contributed by atoms with E-state index < -0.39 is 40.3 Å². The summed E-state index contributed by atoms with van der Waals surface area (Å²) in [6.07, 6.45) is 0. The van der Waals surface area contributed by atoms with Gasteiger partial charge in [0.25, 0.3) is 11.6 Å². The van der Waals surface area contributed by atoms with Gasteiger partial charge >= 0.3 is 5.97 Å². The van der Waals surface area contributed by atoms with E-state index >= 15 is 0 Å². The minimum Gasteiger partial charge on any atom is -0.459 e. The van der Waals surface area contributed by atoms with Crippen LogP contribution in [0.3, 0.4) is 0 Å². The molecule has 1 N–H and O–H groups in total. The molecule has 9 nitrogen and oxygen atoms in total. The van der Waals surface area contributed by atoms with Crippen LogP contribution in [0.5, 0.6) is 0 Å². The van der Waals surface area contributed by atoms with Gasteiger partial charge < -0.3 is 15.0 Å². The third-order valence-corrected chi connectivity index (χ3v) is 4.81. The number of carbonyl (C=O) groups excluding carboxylic acids is 3. The summed E-state index contributed by atoms with van der Waals surface area (Å²) < 4.78 is 5.22. The molecule has 1 aliphatic heterocycles. The number of carbonyl (C=O) groups is 3. The number of benzene rings is 1. The van der Waals surface area contributed by atoms with Crippen molar-refractivity contribution in [2.24, 2.45) is 0 Å². The second-order valence-electron chi connectivity index (χ2n) is 6.02. The molecular weight excluding hydrogens is 413 g/mol. The van der Waals surface area contributed by atoms with Crippen molar-refractivity contribution in [3.05, 3.63) is 52.1 Å². The first-order valence-electron chi connectivity index (χ1n) is 8.04. The van der Waals surface area contributed by atoms with Gasteiger partial charge in [-0.05, 0) is 23.3 Å². The van der Waals surface area contributed by atoms with Gasteiger partial charge in [-0.3, -0.25) is 19.7 Å². The highest BCUT2D eigenvalue weighted by Gasteiger charge is 2.52. The van der Waals surface area contributed by atoms with Crippen molar-refractivity contribution in [1.82, 2.24) is 10.2 Å². The number of hydrogen-bond acceptors (Lipinski definition) is 6. The van der Waals surface area contributed by atoms with Gasteiger partial charge in [-0.25, -0.2) is 4.79 Å². The zero-order valence-corrected chi connectivity index (χ0v) is 16.3. The van der Waals surface area contributed by atoms with Crippen LogP contribution in [0.4, 0.5) is 5.69 Å². The Balaban J connectivity index is 2.08. The van der Waals surface area contributed by atoms with Crippen LogP contribution in [-0.4, -0.2) is 51.1 Å². The third kappa shape index (κ3) is 4.60. The van der Waals surface area contributed by atoms with E-state index in [-0.39, 0.29) is 23.7 Å². The number of halogens is 2. The molecule has 11 heteroatoms. The predicted octanol–water partition coefficient (Wildman–Crippen LogP) is 1.71. The first kappa shape index (κ1) is 21.6. The normalized spacial score (nSPS) is 19.4. The molecule has 1 saturated heterocycles. The van der Waals surface area contributed by atoms with Gasteiger partial charge in [0.05, 0.1) is 4.92 Å². The predicted molar refractivity (Wildman–Crippen MR) is 101 cm³/mol. The highest BCUT2D eigenvalue weighted by molar-refractivity contribution is 6.27. The fourth-order valence-electron chi connectivity index (χ4n) is 2.59. The summed E-state index contributed by atoms with van der Waals surface area (Å²) in [6.45, 7) is 4.76. The van der Waals surface area contributed by atoms with Crippen molar-refractivity contribution in [2.75, 3.05) is 5.88 Å². The molecule has 3 atom stereocenters. The molecule has 1 aromatic rings. The van der Waals surface area contributed by atoms with E-state index in [0.29, 0.717) is 5.56 Å². The number of amides is 2. The van der Waals surface area contributed by atoms with Crippen LogP contribution in [0.15, 0.2) is 36.4 Å². The molecule has 0 aliphatic carbocycles. The average molecular weight is 430 g/mol. The molecule has 150 valence electrons. The summed E-state index contributed by atoms with van der Waals surface area (Å²) in [7, 11) is 0. The Morgan fingerprint density at radius 2 is 2.00 bits per heavy atom. The van der Waals surface area contributed by atoms with E-state index in [4.69, 9.17) is 27.9 Å². The number of nitro groups is 1. The summed E-state index contributed by atoms with van der Waals surface area (Å²) in [5, 5.41) is 13.1. The highest BCUT2D eigenvalue weighted by Crippen LogP contribution is 2.30. The van der Waals surface area contributed by atoms with Crippen molar-refractivity contribution in [3.63, 3.8) is 0 Å². The molecule has 0 aromatic heterocycles. The lowest BCUT2D eigenvalue weighted by Gasteiger charge is -2.47. The number of alkyl halides is 2. The van der Waals surface area contributed by atoms with Crippen LogP contribution in [0.25, 0.3) is 0 Å². The summed E-state index contributed by atoms with van der Waals surface area (Å²) in [5.74, 6) is -1.91. The summed E-state index contributed by atoms with van der Waals surface area (Å²) in [6, 6.07) is 3.29. The Labute approximate surface area is 170 Å². The first-order valence-corrected chi connectivity index (χ1v) is 9.01. The van der Waals surface area contributed by atoms with Crippen molar-refractivity contribution < 1.29 is 24.0 Å². The maximum Gasteiger partial charge on any atom is 0.333 e. The van der Waals surface area contributed by atoms with Gasteiger partial charge in [-0.1, -0.05) is 18.2 Å². The van der Waals surface area contributed by atoms with Crippen LogP contribution < -0.4 is 5.32 Å². The average Bonchev–Trinajstić information content (AvgIpc) is 2.67. The fraction of sp³-hybridized carbons (Fsp3) is 0.353. The Bertz CT molecular complexity index is 814. The maximum absolute atomic E-state index is 12.6. The molecule has 0 spiro atoms. The minimum atomic E-state index is -1.21. The number of esters is 1. The molecule has 0 bridgehead atoms. The summed E-state index contributed by atoms with van der Waals surface area (Å²) in [5.41, 5.74) is -0.338. The lowest BCUT2D eigenvalue weighted by molar-refractivity contribution is -0.384. The lowest BCUT2D eigenvalue weighted by Crippen LogP contribution is -2.72. The number of ether oxygens (including phenoxy) is 1. The Morgan fingerprint density at radius 1 is 1.39 bits per heavy atom. The molecule has 0 radical (unpaired) electrons. The molecule has 2 amide bonds. The van der Waals surface area contributed by atoms with E-state index in [1.54, 1.807) is 0 Å². The van der Waals surface area contributed by atoms with Gasteiger partial charge in [0, 0.05) is 24.9 Å². The second kappa shape index (κ2) is 9.03. The van der Waals surface area contributed by atoms with Crippen LogP contribution >= 0.6 is 23.2 Å². The van der Waals surface area contributed by atoms with Crippen LogP contribution in [-0.2, 0) is 25.7 Å². The van der Waals surface area contributed by atoms with E-state index in [1.165, 1.54) is 31.2 Å². The van der Waals surface area contributed by atoms with Crippen molar-refractivity contribution in [2.45, 2.75) is 31.1 Å². The first-order chi connectivity index (χ1) is 13.2. The monoisotopic (exact) mass is 429 g/mol. The van der Waals surface area contributed by atoms with Gasteiger partial charge in [-0.15, -0.1) is 11.6 Å². The lowest BCUT2D eigenvalue weighted by atomic mass is 9.99. The summed E-state index contributed by atoms with van der Waals surface area (Å²) in [4.78, 5) is 47.2. The second-order valence-corrected chi connectivity index (χ2v) is 6.74. The number of hydrogen-bond donors (Lipinski definition) is 1. The van der Waals surface area contributed by atoms with Crippen LogP contribution in [0.2, 0.25) is 0 Å². The smallest absolute Gasteiger partial charge is 0.333 e. The molecule has 0 saturated carbocycles. The van der Waals surface area contributed by atoms with Gasteiger partial charge in [0.1, 0.15) is 18.1 Å². The molecule has 1 heterocycles. The fourth-order valence-corrected chi connectivity index (χ4v) is 3.12. The maximum atomic E-state index is 12.6. The Hall–Kier alpha value is -2.65. The zero-order valence-electron chi connectivity index (χ0n) is 14.8. The quantitative estimate of drug-likeness (QED) is 0.128. The van der Waals surface area contributed by atoms with Crippen LogP contribution in [0.1, 0.15) is 12.5 Å². The standard InChI is InChI=1S/C17H17Cl2N3O6/c1-9(7-18)14(21-15(19)13(16(21)24)20-10(2)23)17(25)28-8-11-3-5-12(6-4-11)22(26)27/h3-6,13-15H,1,7-8H2,2H3,(H,20,23). The largest absolute Gasteiger partial charge is 0.459 e. The third-order valence-electron chi connectivity index (χ3n) is 4.01. The summed E-state index contributed by atoms with van der Waals surface area (Å²) >= 11 is 11.9. The van der Waals surface area contributed by atoms with E-state index in [9.17, 15) is 24.5 Å². The van der Waals surface area contributed by atoms with Crippen LogP contribution in [0, 0.1) is 10.1 Å². The molecule has 3 unspecified atom stereocenters. The zero-order chi connectivity index (χ0) is 21.0. The van der Waals surface area contributed by atoms with Crippen molar-refractivity contribution in [3.8, 4) is 0 Å². The molecule has 1 aliphatic rings. The SMILES string of the molecule is C=C(CCl)C(C(=O)OCc1ccc([N+](=O)[O-])cc1)N1C(=O)C(NC(C)=O)C1Cl. The Kier molecular flexibility index (Phi) is 6.98. The van der Waals surface area contributed by atoms with Gasteiger partial charge in [0.15, 0.2) is 6.04 Å². The number of rotatable bonds is 8. The highest BCUT2D eigenvalue weighted by atomic mass is 35.5. The topological polar surface area (TPSA) is 119 Å². The number of nitrogens with one attached hydrogen (secondary N) is 1. The van der Waals surface area contributed by atoms with Crippen molar-refractivity contribution >= 4 is 46.7 Å². The Morgan fingerprint density at radius 3 is 2.46 bits per heavy atom. The van der Waals surface area contributed by atoms with E-state index in [1.807, 2.05) is 0 Å². The molecule has 1 aromatic carbocycles. The van der Waals surface area contributed by atoms with E-state index in [0.717, 1.165) is 4.90 Å². The van der Waals surface area contributed by atoms with Gasteiger partial charge in [-0.2, -0.15) is 0 Å². The van der Waals surface area contributed by atoms with Gasteiger partial charge in [0.2, 0.25) is 5.91 Å². The number of nitro benzene ring substituents is 1. The minimum absolute atomic E-state index is 0.0939. The molecular formula is C17H17Cl2N3O6. The number of likely N-dealkylation sites (tertiary alicyclic amines) is 1. The van der Waals surface area contributed by atoms with Crippen molar-refractivity contribution in [1.29, 1.82) is 0 Å².